The number of nitrogens with one attached hydrogen (secondary N) is 1. The summed E-state index contributed by atoms with van der Waals surface area (Å²) in [5.41, 5.74) is 3.99. The van der Waals surface area contributed by atoms with Gasteiger partial charge < -0.3 is 29.0 Å². The number of aromatic nitrogens is 1. The number of hydrogen-bond donors (Lipinski definition) is 1. The monoisotopic (exact) mass is 555 g/mol. The van der Waals surface area contributed by atoms with Gasteiger partial charge >= 0.3 is 0 Å². The number of carbonyl (C=O) groups is 2. The average molecular weight is 556 g/mol. The van der Waals surface area contributed by atoms with E-state index in [4.69, 9.17) is 14.2 Å². The van der Waals surface area contributed by atoms with Crippen molar-refractivity contribution in [1.29, 1.82) is 0 Å². The molecule has 1 aromatic heterocycles. The number of benzene rings is 3. The zero-order chi connectivity index (χ0) is 29.0. The van der Waals surface area contributed by atoms with Crippen LogP contribution in [0, 0.1) is 0 Å². The molecule has 4 aromatic rings. The van der Waals surface area contributed by atoms with E-state index in [0.29, 0.717) is 44.2 Å². The number of carbonyl (C=O) groups excluding carboxylic acids is 2. The van der Waals surface area contributed by atoms with Gasteiger partial charge in [0.2, 0.25) is 11.8 Å². The van der Waals surface area contributed by atoms with E-state index in [-0.39, 0.29) is 18.4 Å². The van der Waals surface area contributed by atoms with Gasteiger partial charge in [-0.25, -0.2) is 0 Å². The van der Waals surface area contributed by atoms with Gasteiger partial charge in [-0.1, -0.05) is 54.6 Å². The summed E-state index contributed by atoms with van der Waals surface area (Å²) in [5, 5.41) is 1.13. The summed E-state index contributed by atoms with van der Waals surface area (Å²) >= 11 is 0. The Bertz CT molecular complexity index is 1460. The van der Waals surface area contributed by atoms with Crippen LogP contribution in [0.15, 0.2) is 85.1 Å². The number of amides is 2. The molecule has 214 valence electrons. The molecular weight excluding hydrogens is 518 g/mol. The van der Waals surface area contributed by atoms with Crippen LogP contribution in [0.2, 0.25) is 0 Å². The van der Waals surface area contributed by atoms with Crippen molar-refractivity contribution in [1.82, 2.24) is 14.8 Å². The maximum absolute atomic E-state index is 13.8. The Morgan fingerprint density at radius 1 is 0.854 bits per heavy atom. The maximum atomic E-state index is 13.8. The number of nitrogens with zero attached hydrogens (tertiary/aromatic N) is 2. The Hall–Kier alpha value is -4.56. The molecule has 0 saturated carbocycles. The number of H-pyrrole nitrogens is 1. The number of rotatable bonds is 14. The van der Waals surface area contributed by atoms with Crippen molar-refractivity contribution in [3.05, 3.63) is 102 Å². The first kappa shape index (κ1) is 29.4. The van der Waals surface area contributed by atoms with Crippen LogP contribution in [-0.4, -0.2) is 74.2 Å². The summed E-state index contributed by atoms with van der Waals surface area (Å²) in [5.74, 6) is 0.811. The van der Waals surface area contributed by atoms with Crippen LogP contribution in [0.25, 0.3) is 17.0 Å². The zero-order valence-corrected chi connectivity index (χ0v) is 23.8. The molecule has 0 aliphatic rings. The SMILES string of the molecule is COCCN(CC(=O)N(CCc1c[nH]c2ccccc12)Cc1ccc(OC)c(OC)c1)C(=O)C=Cc1ccccc1. The van der Waals surface area contributed by atoms with Gasteiger partial charge in [0.25, 0.3) is 0 Å². The number of methoxy groups -OCH3 is 3. The van der Waals surface area contributed by atoms with Crippen molar-refractivity contribution in [2.24, 2.45) is 0 Å². The van der Waals surface area contributed by atoms with E-state index in [1.54, 1.807) is 32.3 Å². The molecule has 1 N–H and O–H groups in total. The molecule has 0 fully saturated rings. The molecule has 0 aliphatic heterocycles. The van der Waals surface area contributed by atoms with E-state index in [1.165, 1.54) is 11.0 Å². The van der Waals surface area contributed by atoms with E-state index in [2.05, 4.69) is 11.1 Å². The molecule has 3 aromatic carbocycles. The average Bonchev–Trinajstić information content (AvgIpc) is 3.43. The molecule has 0 unspecified atom stereocenters. The van der Waals surface area contributed by atoms with Gasteiger partial charge in [0.1, 0.15) is 6.54 Å². The van der Waals surface area contributed by atoms with Crippen molar-refractivity contribution in [3.8, 4) is 11.5 Å². The van der Waals surface area contributed by atoms with Crippen molar-refractivity contribution in [2.45, 2.75) is 13.0 Å². The zero-order valence-electron chi connectivity index (χ0n) is 23.8. The molecule has 0 saturated heterocycles. The maximum Gasteiger partial charge on any atom is 0.247 e. The molecule has 0 atom stereocenters. The van der Waals surface area contributed by atoms with Crippen molar-refractivity contribution < 1.29 is 23.8 Å². The number of ether oxygens (including phenoxy) is 3. The third-order valence-corrected chi connectivity index (χ3v) is 6.92. The normalized spacial score (nSPS) is 11.1. The molecule has 8 heteroatoms. The van der Waals surface area contributed by atoms with Crippen LogP contribution < -0.4 is 9.47 Å². The fourth-order valence-corrected chi connectivity index (χ4v) is 4.65. The Balaban J connectivity index is 1.55. The minimum atomic E-state index is -0.248. The summed E-state index contributed by atoms with van der Waals surface area (Å²) in [7, 11) is 4.76. The third-order valence-electron chi connectivity index (χ3n) is 6.92. The lowest BCUT2D eigenvalue weighted by Gasteiger charge is -2.27. The summed E-state index contributed by atoms with van der Waals surface area (Å²) in [6.07, 6.45) is 5.91. The summed E-state index contributed by atoms with van der Waals surface area (Å²) in [6.45, 7) is 1.38. The predicted octanol–water partition coefficient (Wildman–Crippen LogP) is 4.94. The highest BCUT2D eigenvalue weighted by atomic mass is 16.5. The van der Waals surface area contributed by atoms with Crippen molar-refractivity contribution >= 4 is 28.8 Å². The van der Waals surface area contributed by atoms with Gasteiger partial charge in [-0.15, -0.1) is 0 Å². The Labute approximate surface area is 241 Å². The highest BCUT2D eigenvalue weighted by Gasteiger charge is 2.21. The molecule has 4 rings (SSSR count). The van der Waals surface area contributed by atoms with Gasteiger partial charge in [-0.05, 0) is 47.4 Å². The highest BCUT2D eigenvalue weighted by Crippen LogP contribution is 2.28. The molecule has 0 spiro atoms. The van der Waals surface area contributed by atoms with Gasteiger partial charge in [0.15, 0.2) is 11.5 Å². The minimum Gasteiger partial charge on any atom is -0.493 e. The van der Waals surface area contributed by atoms with Gasteiger partial charge in [-0.2, -0.15) is 0 Å². The largest absolute Gasteiger partial charge is 0.493 e. The van der Waals surface area contributed by atoms with E-state index < -0.39 is 0 Å². The molecule has 1 heterocycles. The highest BCUT2D eigenvalue weighted by molar-refractivity contribution is 5.94. The van der Waals surface area contributed by atoms with Crippen molar-refractivity contribution in [2.75, 3.05) is 47.6 Å². The quantitative estimate of drug-likeness (QED) is 0.223. The van der Waals surface area contributed by atoms with Crippen LogP contribution >= 0.6 is 0 Å². The molecule has 2 amide bonds. The second kappa shape index (κ2) is 14.7. The Morgan fingerprint density at radius 2 is 1.61 bits per heavy atom. The van der Waals surface area contributed by atoms with Crippen molar-refractivity contribution in [3.63, 3.8) is 0 Å². The number of fused-ring (bicyclic) bond motifs is 1. The summed E-state index contributed by atoms with van der Waals surface area (Å²) in [4.78, 5) is 33.6. The van der Waals surface area contributed by atoms with Crippen LogP contribution in [0.4, 0.5) is 0 Å². The Morgan fingerprint density at radius 3 is 2.37 bits per heavy atom. The first-order chi connectivity index (χ1) is 20.0. The second-order valence-corrected chi connectivity index (χ2v) is 9.61. The van der Waals surface area contributed by atoms with Gasteiger partial charge in [0, 0.05) is 49.9 Å². The predicted molar refractivity (Wildman–Crippen MR) is 161 cm³/mol. The van der Waals surface area contributed by atoms with Crippen LogP contribution in [-0.2, 0) is 27.3 Å². The standard InChI is InChI=1S/C33H37N3O5/c1-39-20-19-36(32(37)16-14-25-9-5-4-6-10-25)24-33(38)35(23-26-13-15-30(40-2)31(21-26)41-3)18-17-27-22-34-29-12-8-7-11-28(27)29/h4-16,21-22,34H,17-20,23-24H2,1-3H3. The summed E-state index contributed by atoms with van der Waals surface area (Å²) in [6, 6.07) is 23.3. The second-order valence-electron chi connectivity index (χ2n) is 9.61. The Kier molecular flexibility index (Phi) is 10.6. The molecule has 41 heavy (non-hydrogen) atoms. The van der Waals surface area contributed by atoms with Crippen LogP contribution in [0.1, 0.15) is 16.7 Å². The number of aromatic amines is 1. The molecule has 0 aliphatic carbocycles. The first-order valence-electron chi connectivity index (χ1n) is 13.6. The fourth-order valence-electron chi connectivity index (χ4n) is 4.65. The van der Waals surface area contributed by atoms with Gasteiger partial charge in [0.05, 0.1) is 20.8 Å². The van der Waals surface area contributed by atoms with E-state index in [0.717, 1.165) is 27.6 Å². The number of para-hydroxylation sites is 1. The lowest BCUT2D eigenvalue weighted by molar-refractivity contribution is -0.139. The lowest BCUT2D eigenvalue weighted by atomic mass is 10.1. The minimum absolute atomic E-state index is 0.0670. The summed E-state index contributed by atoms with van der Waals surface area (Å²) < 4.78 is 16.1. The van der Waals surface area contributed by atoms with E-state index >= 15 is 0 Å². The molecular formula is C33H37N3O5. The van der Waals surface area contributed by atoms with Crippen LogP contribution in [0.3, 0.4) is 0 Å². The smallest absolute Gasteiger partial charge is 0.247 e. The molecule has 0 radical (unpaired) electrons. The first-order valence-corrected chi connectivity index (χ1v) is 13.6. The van der Waals surface area contributed by atoms with Crippen LogP contribution in [0.5, 0.6) is 11.5 Å². The van der Waals surface area contributed by atoms with E-state index in [9.17, 15) is 9.59 Å². The fraction of sp³-hybridized carbons (Fsp3) is 0.273. The third kappa shape index (κ3) is 7.99. The van der Waals surface area contributed by atoms with Gasteiger partial charge in [-0.3, -0.25) is 9.59 Å². The van der Waals surface area contributed by atoms with E-state index in [1.807, 2.05) is 72.9 Å². The topological polar surface area (TPSA) is 84.1 Å². The lowest BCUT2D eigenvalue weighted by Crippen LogP contribution is -2.44. The number of hydrogen-bond acceptors (Lipinski definition) is 5. The molecule has 8 nitrogen and oxygen atoms in total. The molecule has 0 bridgehead atoms.